The van der Waals surface area contributed by atoms with Gasteiger partial charge in [0.05, 0.1) is 4.88 Å². The summed E-state index contributed by atoms with van der Waals surface area (Å²) >= 11 is 1.26. The molecule has 0 radical (unpaired) electrons. The summed E-state index contributed by atoms with van der Waals surface area (Å²) in [6.07, 6.45) is 1.50. The third-order valence-corrected chi connectivity index (χ3v) is 1.91. The summed E-state index contributed by atoms with van der Waals surface area (Å²) in [5.74, 6) is -0.148. The molecule has 0 spiro atoms. The van der Waals surface area contributed by atoms with Gasteiger partial charge >= 0.3 is 0 Å². The van der Waals surface area contributed by atoms with E-state index < -0.39 is 0 Å². The molecule has 1 rings (SSSR count). The molecule has 0 aromatic carbocycles. The van der Waals surface area contributed by atoms with Crippen LogP contribution < -0.4 is 0 Å². The first kappa shape index (κ1) is 6.16. The lowest BCUT2D eigenvalue weighted by molar-refractivity contribution is 0.407. The number of rotatable bonds is 1. The van der Waals surface area contributed by atoms with E-state index >= 15 is 0 Å². The SMILES string of the molecule is C=Cc1scc(O)c1O. The predicted molar refractivity (Wildman–Crippen MR) is 37.7 cm³/mol. The fourth-order valence-electron chi connectivity index (χ4n) is 0.502. The van der Waals surface area contributed by atoms with Crippen molar-refractivity contribution in [3.63, 3.8) is 0 Å². The van der Waals surface area contributed by atoms with E-state index in [1.165, 1.54) is 22.8 Å². The third-order valence-electron chi connectivity index (χ3n) is 0.959. The summed E-state index contributed by atoms with van der Waals surface area (Å²) in [6, 6.07) is 0. The highest BCUT2D eigenvalue weighted by Crippen LogP contribution is 2.35. The van der Waals surface area contributed by atoms with Crippen molar-refractivity contribution in [2.45, 2.75) is 0 Å². The molecular weight excluding hydrogens is 136 g/mol. The van der Waals surface area contributed by atoms with E-state index in [4.69, 9.17) is 10.2 Å². The predicted octanol–water partition coefficient (Wildman–Crippen LogP) is 1.80. The van der Waals surface area contributed by atoms with E-state index in [0.29, 0.717) is 4.88 Å². The van der Waals surface area contributed by atoms with Crippen molar-refractivity contribution in [3.05, 3.63) is 16.8 Å². The van der Waals surface area contributed by atoms with Gasteiger partial charge in [0.1, 0.15) is 0 Å². The summed E-state index contributed by atoms with van der Waals surface area (Å²) in [5, 5.41) is 19.2. The minimum Gasteiger partial charge on any atom is -0.504 e. The first-order valence-electron chi connectivity index (χ1n) is 2.37. The maximum absolute atomic E-state index is 8.93. The lowest BCUT2D eigenvalue weighted by Crippen LogP contribution is -1.59. The van der Waals surface area contributed by atoms with Crippen LogP contribution in [0.1, 0.15) is 4.88 Å². The molecule has 1 heterocycles. The molecule has 0 aliphatic rings. The number of aromatic hydroxyl groups is 2. The van der Waals surface area contributed by atoms with Gasteiger partial charge in [-0.25, -0.2) is 0 Å². The van der Waals surface area contributed by atoms with Gasteiger partial charge in [0.15, 0.2) is 11.5 Å². The largest absolute Gasteiger partial charge is 0.504 e. The van der Waals surface area contributed by atoms with Gasteiger partial charge in [0.25, 0.3) is 0 Å². The maximum Gasteiger partial charge on any atom is 0.175 e. The van der Waals surface area contributed by atoms with E-state index in [9.17, 15) is 0 Å². The van der Waals surface area contributed by atoms with Crippen LogP contribution in [0.4, 0.5) is 0 Å². The van der Waals surface area contributed by atoms with Crippen LogP contribution >= 0.6 is 11.3 Å². The number of thiophene rings is 1. The van der Waals surface area contributed by atoms with Crippen LogP contribution in [0.15, 0.2) is 12.0 Å². The second kappa shape index (κ2) is 2.11. The third kappa shape index (κ3) is 0.907. The first-order valence-corrected chi connectivity index (χ1v) is 3.25. The fourth-order valence-corrected chi connectivity index (χ4v) is 1.16. The van der Waals surface area contributed by atoms with Gasteiger partial charge in [-0.2, -0.15) is 0 Å². The molecule has 2 nitrogen and oxygen atoms in total. The van der Waals surface area contributed by atoms with Crippen LogP contribution in [0.2, 0.25) is 0 Å². The summed E-state index contributed by atoms with van der Waals surface area (Å²) < 4.78 is 0. The van der Waals surface area contributed by atoms with Crippen LogP contribution in [-0.4, -0.2) is 10.2 Å². The van der Waals surface area contributed by atoms with Crippen LogP contribution in [-0.2, 0) is 0 Å². The Hall–Kier alpha value is -0.960. The molecule has 0 fully saturated rings. The van der Waals surface area contributed by atoms with Crippen molar-refractivity contribution in [2.24, 2.45) is 0 Å². The number of hydrogen-bond donors (Lipinski definition) is 2. The highest BCUT2D eigenvalue weighted by atomic mass is 32.1. The van der Waals surface area contributed by atoms with Gasteiger partial charge in [-0.3, -0.25) is 0 Å². The molecule has 0 aliphatic carbocycles. The fraction of sp³-hybridized carbons (Fsp3) is 0. The highest BCUT2D eigenvalue weighted by Gasteiger charge is 2.03. The normalized spacial score (nSPS) is 9.33. The van der Waals surface area contributed by atoms with Gasteiger partial charge in [-0.15, -0.1) is 11.3 Å². The van der Waals surface area contributed by atoms with E-state index in [1.807, 2.05) is 0 Å². The summed E-state index contributed by atoms with van der Waals surface area (Å²) in [5.41, 5.74) is 0. The molecule has 2 N–H and O–H groups in total. The Morgan fingerprint density at radius 1 is 1.56 bits per heavy atom. The summed E-state index contributed by atoms with van der Waals surface area (Å²) in [6.45, 7) is 3.44. The van der Waals surface area contributed by atoms with Gasteiger partial charge in [0.2, 0.25) is 0 Å². The molecule has 0 unspecified atom stereocenters. The summed E-state index contributed by atoms with van der Waals surface area (Å²) in [7, 11) is 0. The van der Waals surface area contributed by atoms with E-state index in [0.717, 1.165) is 0 Å². The standard InChI is InChI=1S/C6H6O2S/c1-2-5-6(8)4(7)3-9-5/h2-3,7-8H,1H2. The molecule has 0 bridgehead atoms. The molecule has 1 aromatic heterocycles. The van der Waals surface area contributed by atoms with Crippen LogP contribution in [0.5, 0.6) is 11.5 Å². The lowest BCUT2D eigenvalue weighted by Gasteiger charge is -1.86. The Kier molecular flexibility index (Phi) is 1.44. The molecule has 48 valence electrons. The average Bonchev–Trinajstić information content (AvgIpc) is 2.15. The topological polar surface area (TPSA) is 40.5 Å². The number of hydrogen-bond acceptors (Lipinski definition) is 3. The van der Waals surface area contributed by atoms with Crippen molar-refractivity contribution in [1.82, 2.24) is 0 Å². The molecular formula is C6H6O2S. The second-order valence-electron chi connectivity index (χ2n) is 1.54. The van der Waals surface area contributed by atoms with Gasteiger partial charge < -0.3 is 10.2 Å². The molecule has 0 amide bonds. The Morgan fingerprint density at radius 3 is 2.44 bits per heavy atom. The van der Waals surface area contributed by atoms with Gasteiger partial charge in [-0.1, -0.05) is 6.58 Å². The van der Waals surface area contributed by atoms with E-state index in [2.05, 4.69) is 6.58 Å². The van der Waals surface area contributed by atoms with Crippen molar-refractivity contribution in [3.8, 4) is 11.5 Å². The Morgan fingerprint density at radius 2 is 2.22 bits per heavy atom. The first-order chi connectivity index (χ1) is 4.25. The minimum atomic E-state index is -0.0742. The molecule has 1 aromatic rings. The van der Waals surface area contributed by atoms with Crippen LogP contribution in [0.25, 0.3) is 6.08 Å². The van der Waals surface area contributed by atoms with E-state index in [1.54, 1.807) is 0 Å². The van der Waals surface area contributed by atoms with Crippen LogP contribution in [0.3, 0.4) is 0 Å². The van der Waals surface area contributed by atoms with Crippen molar-refractivity contribution >= 4 is 17.4 Å². The summed E-state index contributed by atoms with van der Waals surface area (Å²) in [4.78, 5) is 0.604. The van der Waals surface area contributed by atoms with E-state index in [-0.39, 0.29) is 11.5 Å². The van der Waals surface area contributed by atoms with Gasteiger partial charge in [0, 0.05) is 5.38 Å². The molecule has 0 atom stereocenters. The van der Waals surface area contributed by atoms with Crippen molar-refractivity contribution in [1.29, 1.82) is 0 Å². The van der Waals surface area contributed by atoms with Crippen molar-refractivity contribution < 1.29 is 10.2 Å². The van der Waals surface area contributed by atoms with Crippen LogP contribution in [0, 0.1) is 0 Å². The Bertz CT molecular complexity index is 227. The van der Waals surface area contributed by atoms with Crippen molar-refractivity contribution in [2.75, 3.05) is 0 Å². The second-order valence-corrected chi connectivity index (χ2v) is 2.45. The van der Waals surface area contributed by atoms with Gasteiger partial charge in [-0.05, 0) is 6.08 Å². The maximum atomic E-state index is 8.93. The zero-order valence-corrected chi connectivity index (χ0v) is 5.48. The molecule has 0 saturated carbocycles. The quantitative estimate of drug-likeness (QED) is 0.627. The lowest BCUT2D eigenvalue weighted by atomic mass is 10.4. The Balaban J connectivity index is 3.18. The minimum absolute atomic E-state index is 0.0741. The zero-order chi connectivity index (χ0) is 6.85. The molecule has 9 heavy (non-hydrogen) atoms. The monoisotopic (exact) mass is 142 g/mol. The molecule has 3 heteroatoms. The smallest absolute Gasteiger partial charge is 0.175 e. The molecule has 0 aliphatic heterocycles. The molecule has 0 saturated heterocycles. The Labute approximate surface area is 56.7 Å². The average molecular weight is 142 g/mol. The highest BCUT2D eigenvalue weighted by molar-refractivity contribution is 7.11. The zero-order valence-electron chi connectivity index (χ0n) is 4.66.